The van der Waals surface area contributed by atoms with Gasteiger partial charge in [-0.2, -0.15) is 0 Å². The van der Waals surface area contributed by atoms with Crippen molar-refractivity contribution in [1.82, 2.24) is 10.6 Å². The Morgan fingerprint density at radius 3 is 2.30 bits per heavy atom. The van der Waals surface area contributed by atoms with E-state index in [9.17, 15) is 14.0 Å². The van der Waals surface area contributed by atoms with Crippen molar-refractivity contribution in [1.29, 1.82) is 0 Å². The van der Waals surface area contributed by atoms with E-state index < -0.39 is 17.8 Å². The van der Waals surface area contributed by atoms with Crippen LogP contribution in [0.3, 0.4) is 0 Å². The van der Waals surface area contributed by atoms with Gasteiger partial charge in [0.15, 0.2) is 0 Å². The molecule has 2 aromatic rings. The highest BCUT2D eigenvalue weighted by Crippen LogP contribution is 2.05. The lowest BCUT2D eigenvalue weighted by molar-refractivity contribution is 0.0947. The summed E-state index contributed by atoms with van der Waals surface area (Å²) in [4.78, 5) is 23.2. The first-order valence-electron chi connectivity index (χ1n) is 7.14. The standard InChI is InChI=1S/C17H17FN2O3/c18-15-9-5-4-8-14(15)16(21)19-10-11-20-17(22)23-12-13-6-2-1-3-7-13/h1-9H,10-12H2,(H,19,21)(H,20,22). The van der Waals surface area contributed by atoms with E-state index in [0.29, 0.717) is 0 Å². The summed E-state index contributed by atoms with van der Waals surface area (Å²) in [5.74, 6) is -1.11. The largest absolute Gasteiger partial charge is 0.445 e. The highest BCUT2D eigenvalue weighted by Gasteiger charge is 2.10. The van der Waals surface area contributed by atoms with E-state index >= 15 is 0 Å². The van der Waals surface area contributed by atoms with Crippen molar-refractivity contribution >= 4 is 12.0 Å². The Morgan fingerprint density at radius 1 is 0.913 bits per heavy atom. The number of amides is 2. The summed E-state index contributed by atoms with van der Waals surface area (Å²) in [5.41, 5.74) is 0.856. The molecule has 0 saturated carbocycles. The number of alkyl carbamates (subject to hydrolysis) is 1. The second kappa shape index (κ2) is 8.53. The van der Waals surface area contributed by atoms with Crippen molar-refractivity contribution in [2.75, 3.05) is 13.1 Å². The first-order valence-corrected chi connectivity index (χ1v) is 7.14. The molecule has 5 nitrogen and oxygen atoms in total. The molecular weight excluding hydrogens is 299 g/mol. The monoisotopic (exact) mass is 316 g/mol. The average Bonchev–Trinajstić information content (AvgIpc) is 2.58. The Kier molecular flexibility index (Phi) is 6.11. The molecule has 0 heterocycles. The van der Waals surface area contributed by atoms with Crippen molar-refractivity contribution < 1.29 is 18.7 Å². The molecule has 2 rings (SSSR count). The molecule has 23 heavy (non-hydrogen) atoms. The van der Waals surface area contributed by atoms with Crippen LogP contribution in [0.15, 0.2) is 54.6 Å². The molecule has 120 valence electrons. The SMILES string of the molecule is O=C(NCCNC(=O)c1ccccc1F)OCc1ccccc1. The maximum atomic E-state index is 13.4. The van der Waals surface area contributed by atoms with Crippen LogP contribution in [0.4, 0.5) is 9.18 Å². The van der Waals surface area contributed by atoms with Crippen LogP contribution >= 0.6 is 0 Å². The fraction of sp³-hybridized carbons (Fsp3) is 0.176. The zero-order valence-electron chi connectivity index (χ0n) is 12.4. The second-order valence-corrected chi connectivity index (χ2v) is 4.72. The number of hydrogen-bond acceptors (Lipinski definition) is 3. The molecular formula is C17H17FN2O3. The lowest BCUT2D eigenvalue weighted by Gasteiger charge is -2.08. The van der Waals surface area contributed by atoms with Gasteiger partial charge in [0, 0.05) is 13.1 Å². The van der Waals surface area contributed by atoms with Crippen molar-refractivity contribution in [3.05, 3.63) is 71.5 Å². The predicted octanol–water partition coefficient (Wildman–Crippen LogP) is 2.48. The molecule has 0 saturated heterocycles. The number of nitrogens with one attached hydrogen (secondary N) is 2. The van der Waals surface area contributed by atoms with Crippen molar-refractivity contribution in [3.63, 3.8) is 0 Å². The lowest BCUT2D eigenvalue weighted by atomic mass is 10.2. The summed E-state index contributed by atoms with van der Waals surface area (Å²) in [6, 6.07) is 15.0. The topological polar surface area (TPSA) is 67.4 Å². The van der Waals surface area contributed by atoms with Crippen LogP contribution in [0.25, 0.3) is 0 Å². The van der Waals surface area contributed by atoms with E-state index in [-0.39, 0.29) is 25.3 Å². The van der Waals surface area contributed by atoms with Crippen molar-refractivity contribution in [2.24, 2.45) is 0 Å². The molecule has 0 spiro atoms. The zero-order valence-corrected chi connectivity index (χ0v) is 12.4. The molecule has 0 atom stereocenters. The van der Waals surface area contributed by atoms with E-state index in [2.05, 4.69) is 10.6 Å². The number of carbonyl (C=O) groups is 2. The maximum Gasteiger partial charge on any atom is 0.407 e. The van der Waals surface area contributed by atoms with E-state index in [1.54, 1.807) is 6.07 Å². The van der Waals surface area contributed by atoms with Gasteiger partial charge in [-0.25, -0.2) is 9.18 Å². The summed E-state index contributed by atoms with van der Waals surface area (Å²) >= 11 is 0. The summed E-state index contributed by atoms with van der Waals surface area (Å²) in [7, 11) is 0. The highest BCUT2D eigenvalue weighted by molar-refractivity contribution is 5.94. The van der Waals surface area contributed by atoms with Crippen LogP contribution in [-0.2, 0) is 11.3 Å². The third-order valence-corrected chi connectivity index (χ3v) is 3.01. The van der Waals surface area contributed by atoms with Gasteiger partial charge in [-0.1, -0.05) is 42.5 Å². The smallest absolute Gasteiger partial charge is 0.407 e. The molecule has 0 fully saturated rings. The minimum Gasteiger partial charge on any atom is -0.445 e. The van der Waals surface area contributed by atoms with Gasteiger partial charge >= 0.3 is 6.09 Å². The van der Waals surface area contributed by atoms with Gasteiger partial charge in [0.1, 0.15) is 12.4 Å². The van der Waals surface area contributed by atoms with Crippen LogP contribution in [0, 0.1) is 5.82 Å². The molecule has 0 aliphatic rings. The average molecular weight is 316 g/mol. The second-order valence-electron chi connectivity index (χ2n) is 4.72. The molecule has 0 aliphatic heterocycles. The van der Waals surface area contributed by atoms with Crippen LogP contribution in [0.1, 0.15) is 15.9 Å². The molecule has 2 amide bonds. The number of halogens is 1. The molecule has 2 N–H and O–H groups in total. The molecule has 0 bridgehead atoms. The summed E-state index contributed by atoms with van der Waals surface area (Å²) in [5, 5.41) is 5.02. The van der Waals surface area contributed by atoms with E-state index in [4.69, 9.17) is 4.74 Å². The number of rotatable bonds is 6. The van der Waals surface area contributed by atoms with Crippen LogP contribution in [-0.4, -0.2) is 25.1 Å². The Morgan fingerprint density at radius 2 is 1.57 bits per heavy atom. The van der Waals surface area contributed by atoms with Crippen molar-refractivity contribution in [3.8, 4) is 0 Å². The van der Waals surface area contributed by atoms with Crippen LogP contribution in [0.5, 0.6) is 0 Å². The maximum absolute atomic E-state index is 13.4. The Labute approximate surface area is 133 Å². The Balaban J connectivity index is 1.64. The Hall–Kier alpha value is -2.89. The third-order valence-electron chi connectivity index (χ3n) is 3.01. The molecule has 0 unspecified atom stereocenters. The minimum absolute atomic E-state index is 0.0286. The van der Waals surface area contributed by atoms with Gasteiger partial charge in [0.05, 0.1) is 5.56 Å². The quantitative estimate of drug-likeness (QED) is 0.805. The fourth-order valence-corrected chi connectivity index (χ4v) is 1.86. The summed E-state index contributed by atoms with van der Waals surface area (Å²) in [6.45, 7) is 0.537. The van der Waals surface area contributed by atoms with E-state index in [0.717, 1.165) is 5.56 Å². The molecule has 0 aliphatic carbocycles. The van der Waals surface area contributed by atoms with Crippen molar-refractivity contribution in [2.45, 2.75) is 6.61 Å². The van der Waals surface area contributed by atoms with Gasteiger partial charge < -0.3 is 15.4 Å². The molecule has 0 radical (unpaired) electrons. The molecule has 2 aromatic carbocycles. The van der Waals surface area contributed by atoms with Gasteiger partial charge in [0.2, 0.25) is 0 Å². The van der Waals surface area contributed by atoms with E-state index in [1.807, 2.05) is 30.3 Å². The van der Waals surface area contributed by atoms with Gasteiger partial charge in [-0.15, -0.1) is 0 Å². The Bertz CT molecular complexity index is 662. The minimum atomic E-state index is -0.583. The molecule has 0 aromatic heterocycles. The lowest BCUT2D eigenvalue weighted by Crippen LogP contribution is -2.35. The van der Waals surface area contributed by atoms with Gasteiger partial charge in [-0.05, 0) is 17.7 Å². The highest BCUT2D eigenvalue weighted by atomic mass is 19.1. The van der Waals surface area contributed by atoms with Gasteiger partial charge in [0.25, 0.3) is 5.91 Å². The fourth-order valence-electron chi connectivity index (χ4n) is 1.86. The summed E-state index contributed by atoms with van der Waals surface area (Å²) in [6.07, 6.45) is -0.575. The number of ether oxygens (including phenoxy) is 1. The van der Waals surface area contributed by atoms with Gasteiger partial charge in [-0.3, -0.25) is 4.79 Å². The first-order chi connectivity index (χ1) is 11.2. The zero-order chi connectivity index (χ0) is 16.5. The van der Waals surface area contributed by atoms with Crippen LogP contribution in [0.2, 0.25) is 0 Å². The van der Waals surface area contributed by atoms with E-state index in [1.165, 1.54) is 18.2 Å². The first kappa shape index (κ1) is 16.5. The number of benzene rings is 2. The normalized spacial score (nSPS) is 9.96. The number of carbonyl (C=O) groups excluding carboxylic acids is 2. The number of hydrogen-bond donors (Lipinski definition) is 2. The summed E-state index contributed by atoms with van der Waals surface area (Å²) < 4.78 is 18.4. The molecule has 6 heteroatoms. The predicted molar refractivity (Wildman–Crippen MR) is 83.4 cm³/mol. The van der Waals surface area contributed by atoms with Crippen LogP contribution < -0.4 is 10.6 Å². The third kappa shape index (κ3) is 5.43.